The van der Waals surface area contributed by atoms with Gasteiger partial charge in [-0.05, 0) is 0 Å². The van der Waals surface area contributed by atoms with Gasteiger partial charge in [0.2, 0.25) is 0 Å². The van der Waals surface area contributed by atoms with Crippen LogP contribution in [0.2, 0.25) is 0 Å². The van der Waals surface area contributed by atoms with Crippen molar-refractivity contribution in [2.45, 2.75) is 0 Å². The molecule has 4 rings (SSSR count). The zero-order valence-corrected chi connectivity index (χ0v) is 17.3. The molecule has 0 spiro atoms. The lowest BCUT2D eigenvalue weighted by Crippen LogP contribution is -2.59. The van der Waals surface area contributed by atoms with Gasteiger partial charge in [-0.1, -0.05) is 72.8 Å². The van der Waals surface area contributed by atoms with E-state index in [1.165, 1.54) is 48.5 Å². The maximum atomic E-state index is 14.5. The molecule has 0 radical (unpaired) electrons. The number of para-hydroxylation sites is 4. The van der Waals surface area contributed by atoms with Crippen molar-refractivity contribution in [3.63, 3.8) is 0 Å². The van der Waals surface area contributed by atoms with Crippen molar-refractivity contribution in [2.24, 2.45) is 0 Å². The Kier molecular flexibility index (Phi) is 5.45. The fraction of sp³-hybridized carbons (Fsp3) is 0. The molecule has 0 aliphatic rings. The van der Waals surface area contributed by atoms with Crippen LogP contribution < -0.4 is 8.10 Å². The highest BCUT2D eigenvalue weighted by Crippen LogP contribution is 2.46. The number of hydrogen-bond donors (Lipinski definition) is 0. The van der Waals surface area contributed by atoms with Crippen molar-refractivity contribution < 1.29 is 8.42 Å². The van der Waals surface area contributed by atoms with Gasteiger partial charge < -0.3 is 10.4 Å². The first-order valence-corrected chi connectivity index (χ1v) is 11.0. The molecular formula is C24H20N2O4S. The van der Waals surface area contributed by atoms with Crippen molar-refractivity contribution in [3.8, 4) is 0 Å². The molecule has 0 amide bonds. The smallest absolute Gasteiger partial charge is 0.481 e. The Hall–Kier alpha value is -3.33. The fourth-order valence-corrected chi connectivity index (χ4v) is 5.37. The van der Waals surface area contributed by atoms with E-state index < -0.39 is 18.3 Å². The second-order valence-electron chi connectivity index (χ2n) is 6.89. The van der Waals surface area contributed by atoms with Crippen LogP contribution in [-0.2, 0) is 10.2 Å². The summed E-state index contributed by atoms with van der Waals surface area (Å²) in [6, 6.07) is 30.6. The first-order valence-electron chi connectivity index (χ1n) is 9.60. The Bertz CT molecular complexity index is 1080. The molecule has 0 atom stereocenters. The van der Waals surface area contributed by atoms with Gasteiger partial charge in [0.15, 0.2) is 22.7 Å². The van der Waals surface area contributed by atoms with Crippen molar-refractivity contribution in [3.05, 3.63) is 132 Å². The molecule has 0 fully saturated rings. The van der Waals surface area contributed by atoms with Crippen LogP contribution in [0.1, 0.15) is 0 Å². The van der Waals surface area contributed by atoms with Gasteiger partial charge in [0.05, 0.1) is 0 Å². The SMILES string of the molecule is O=S(=O)([N+]([O-])(c1ccccc1)c1ccccc1)[N+]([O-])(c1ccccc1)c1ccccc1. The highest BCUT2D eigenvalue weighted by Gasteiger charge is 2.53. The minimum absolute atomic E-state index is 0.0843. The van der Waals surface area contributed by atoms with E-state index in [-0.39, 0.29) is 22.7 Å². The number of nitrogens with zero attached hydrogens (tertiary/aromatic N) is 2. The Morgan fingerprint density at radius 3 is 0.806 bits per heavy atom. The summed E-state index contributed by atoms with van der Waals surface area (Å²) in [7, 11) is -5.11. The van der Waals surface area contributed by atoms with Crippen molar-refractivity contribution in [1.82, 2.24) is 8.10 Å². The van der Waals surface area contributed by atoms with Crippen LogP contribution in [0.15, 0.2) is 121 Å². The molecule has 0 aliphatic heterocycles. The molecule has 156 valence electrons. The van der Waals surface area contributed by atoms with E-state index in [0.29, 0.717) is 0 Å². The lowest BCUT2D eigenvalue weighted by molar-refractivity contribution is 0.505. The minimum atomic E-state index is -5.11. The van der Waals surface area contributed by atoms with Crippen LogP contribution in [0.3, 0.4) is 0 Å². The number of quaternary nitrogens is 2. The Morgan fingerprint density at radius 1 is 0.419 bits per heavy atom. The van der Waals surface area contributed by atoms with Gasteiger partial charge in [0, 0.05) is 48.5 Å². The maximum absolute atomic E-state index is 14.5. The first-order chi connectivity index (χ1) is 14.9. The molecule has 0 heterocycles. The minimum Gasteiger partial charge on any atom is -0.602 e. The summed E-state index contributed by atoms with van der Waals surface area (Å²) in [6.45, 7) is 0. The third-order valence-electron chi connectivity index (χ3n) is 5.03. The topological polar surface area (TPSA) is 80.3 Å². The van der Waals surface area contributed by atoms with E-state index >= 15 is 0 Å². The van der Waals surface area contributed by atoms with E-state index in [9.17, 15) is 18.8 Å². The summed E-state index contributed by atoms with van der Waals surface area (Å²) in [4.78, 5) is 0. The Balaban J connectivity index is 2.08. The van der Waals surface area contributed by atoms with Crippen LogP contribution in [0.25, 0.3) is 0 Å². The lowest BCUT2D eigenvalue weighted by atomic mass is 10.2. The van der Waals surface area contributed by atoms with Gasteiger partial charge >= 0.3 is 10.2 Å². The van der Waals surface area contributed by atoms with E-state index in [4.69, 9.17) is 0 Å². The van der Waals surface area contributed by atoms with Gasteiger partial charge in [-0.15, -0.1) is 16.5 Å². The van der Waals surface area contributed by atoms with E-state index in [1.54, 1.807) is 72.8 Å². The monoisotopic (exact) mass is 432 g/mol. The molecular weight excluding hydrogens is 412 g/mol. The zero-order chi connectivity index (χ0) is 22.0. The van der Waals surface area contributed by atoms with Crippen LogP contribution in [0.5, 0.6) is 0 Å². The van der Waals surface area contributed by atoms with E-state index in [1.807, 2.05) is 0 Å². The molecule has 0 bridgehead atoms. The molecule has 0 N–H and O–H groups in total. The zero-order valence-electron chi connectivity index (χ0n) is 16.5. The predicted molar refractivity (Wildman–Crippen MR) is 124 cm³/mol. The second-order valence-corrected chi connectivity index (χ2v) is 8.82. The summed E-state index contributed by atoms with van der Waals surface area (Å²) in [5.41, 5.74) is -0.337. The highest BCUT2D eigenvalue weighted by molar-refractivity contribution is 7.91. The third kappa shape index (κ3) is 3.25. The van der Waals surface area contributed by atoms with Crippen molar-refractivity contribution in [2.75, 3.05) is 0 Å². The molecule has 0 unspecified atom stereocenters. The van der Waals surface area contributed by atoms with Crippen molar-refractivity contribution in [1.29, 1.82) is 0 Å². The predicted octanol–water partition coefficient (Wildman–Crippen LogP) is 5.91. The normalized spacial score (nSPS) is 12.5. The summed E-state index contributed by atoms with van der Waals surface area (Å²) in [6.07, 6.45) is 0. The number of hydrogen-bond acceptors (Lipinski definition) is 4. The van der Waals surface area contributed by atoms with Crippen LogP contribution in [0, 0.1) is 10.4 Å². The molecule has 0 aliphatic carbocycles. The summed E-state index contributed by atoms with van der Waals surface area (Å²) < 4.78 is 24.5. The van der Waals surface area contributed by atoms with Gasteiger partial charge in [0.1, 0.15) is 0 Å². The van der Waals surface area contributed by atoms with Crippen LogP contribution in [-0.4, -0.2) is 8.42 Å². The standard InChI is InChI=1S/C24H20N2O4S/c27-25(21-13-5-1-6-14-21,22-15-7-2-8-16-22)31(29,30)26(28,23-17-9-3-10-18-23)24-19-11-4-12-20-24/h1-20H. The van der Waals surface area contributed by atoms with E-state index in [0.717, 1.165) is 0 Å². The third-order valence-corrected chi connectivity index (χ3v) is 7.18. The average Bonchev–Trinajstić information content (AvgIpc) is 2.85. The molecule has 4 aromatic rings. The molecule has 6 nitrogen and oxygen atoms in total. The van der Waals surface area contributed by atoms with Gasteiger partial charge in [-0.3, -0.25) is 0 Å². The lowest BCUT2D eigenvalue weighted by Gasteiger charge is -2.47. The quantitative estimate of drug-likeness (QED) is 0.280. The molecule has 0 aromatic heterocycles. The first kappa shape index (κ1) is 20.9. The van der Waals surface area contributed by atoms with Gasteiger partial charge in [-0.25, -0.2) is 0 Å². The molecule has 4 aromatic carbocycles. The second kappa shape index (κ2) is 8.07. The van der Waals surface area contributed by atoms with Gasteiger partial charge in [-0.2, -0.15) is 0 Å². The van der Waals surface area contributed by atoms with Gasteiger partial charge in [0.25, 0.3) is 0 Å². The fourth-order valence-electron chi connectivity index (χ4n) is 3.49. The van der Waals surface area contributed by atoms with Crippen molar-refractivity contribution >= 4 is 33.0 Å². The largest absolute Gasteiger partial charge is 0.602 e. The van der Waals surface area contributed by atoms with Crippen LogP contribution in [0.4, 0.5) is 22.7 Å². The highest BCUT2D eigenvalue weighted by atomic mass is 32.2. The van der Waals surface area contributed by atoms with E-state index in [2.05, 4.69) is 0 Å². The molecule has 0 saturated heterocycles. The molecule has 31 heavy (non-hydrogen) atoms. The maximum Gasteiger partial charge on any atom is 0.481 e. The molecule has 7 heteroatoms. The molecule has 0 saturated carbocycles. The van der Waals surface area contributed by atoms with Crippen LogP contribution >= 0.6 is 0 Å². The number of rotatable bonds is 6. The summed E-state index contributed by atoms with van der Waals surface area (Å²) in [5, 5.41) is 28.9. The summed E-state index contributed by atoms with van der Waals surface area (Å²) in [5.74, 6) is 0. The number of benzene rings is 4. The average molecular weight is 433 g/mol. The Labute approximate surface area is 181 Å². The Morgan fingerprint density at radius 2 is 0.613 bits per heavy atom. The summed E-state index contributed by atoms with van der Waals surface area (Å²) >= 11 is 0.